The molecule has 0 aliphatic carbocycles. The Morgan fingerprint density at radius 2 is 2.12 bits per heavy atom. The maximum absolute atomic E-state index is 14.2. The van der Waals surface area contributed by atoms with Crippen molar-refractivity contribution in [3.63, 3.8) is 0 Å². The number of nitrogens with zero attached hydrogens (tertiary/aromatic N) is 2. The van der Waals surface area contributed by atoms with Crippen molar-refractivity contribution in [2.24, 2.45) is 4.99 Å². The zero-order chi connectivity index (χ0) is 17.8. The van der Waals surface area contributed by atoms with E-state index in [1.807, 2.05) is 6.92 Å². The lowest BCUT2D eigenvalue weighted by atomic mass is 10.2. The van der Waals surface area contributed by atoms with Crippen LogP contribution in [-0.2, 0) is 6.54 Å². The summed E-state index contributed by atoms with van der Waals surface area (Å²) in [4.78, 5) is 17.2. The molecule has 6 heteroatoms. The van der Waals surface area contributed by atoms with Crippen molar-refractivity contribution in [2.75, 3.05) is 6.61 Å². The van der Waals surface area contributed by atoms with E-state index in [2.05, 4.69) is 10.9 Å². The molecule has 3 aromatic rings. The summed E-state index contributed by atoms with van der Waals surface area (Å²) in [5.74, 6) is 2.10. The molecule has 0 N–H and O–H groups in total. The Morgan fingerprint density at radius 1 is 1.32 bits per heavy atom. The van der Waals surface area contributed by atoms with Crippen molar-refractivity contribution in [1.29, 1.82) is 0 Å². The minimum atomic E-state index is -0.457. The number of terminal acetylenes is 1. The number of hydrogen-bond donors (Lipinski definition) is 0. The molecule has 0 saturated carbocycles. The van der Waals surface area contributed by atoms with Crippen LogP contribution in [0, 0.1) is 18.2 Å². The Kier molecular flexibility index (Phi) is 4.96. The highest BCUT2D eigenvalue weighted by Gasteiger charge is 2.14. The van der Waals surface area contributed by atoms with Gasteiger partial charge in [-0.25, -0.2) is 4.39 Å². The van der Waals surface area contributed by atoms with Crippen LogP contribution in [0.2, 0.25) is 0 Å². The number of amides is 1. The summed E-state index contributed by atoms with van der Waals surface area (Å²) in [5.41, 5.74) is 0.713. The molecule has 3 rings (SSSR count). The van der Waals surface area contributed by atoms with E-state index in [1.165, 1.54) is 22.0 Å². The summed E-state index contributed by atoms with van der Waals surface area (Å²) in [6.45, 7) is 2.41. The van der Waals surface area contributed by atoms with Gasteiger partial charge in [0.15, 0.2) is 4.80 Å². The number of thiazole rings is 1. The summed E-state index contributed by atoms with van der Waals surface area (Å²) < 4.78 is 21.9. The first-order chi connectivity index (χ1) is 12.2. The lowest BCUT2D eigenvalue weighted by molar-refractivity contribution is 0.0994. The lowest BCUT2D eigenvalue weighted by Crippen LogP contribution is -2.17. The van der Waals surface area contributed by atoms with E-state index in [9.17, 15) is 9.18 Å². The van der Waals surface area contributed by atoms with Crippen LogP contribution >= 0.6 is 11.3 Å². The fraction of sp³-hybridized carbons (Fsp3) is 0.158. The van der Waals surface area contributed by atoms with Crippen molar-refractivity contribution >= 4 is 27.5 Å². The minimum absolute atomic E-state index is 0.125. The normalized spacial score (nSPS) is 11.5. The molecular formula is C19H15FN2O2S. The molecular weight excluding hydrogens is 339 g/mol. The summed E-state index contributed by atoms with van der Waals surface area (Å²) in [7, 11) is 0. The molecule has 1 amide bonds. The van der Waals surface area contributed by atoms with Crippen LogP contribution in [0.1, 0.15) is 17.3 Å². The van der Waals surface area contributed by atoms with Gasteiger partial charge in [0, 0.05) is 0 Å². The molecule has 0 unspecified atom stereocenters. The highest BCUT2D eigenvalue weighted by molar-refractivity contribution is 7.16. The molecule has 1 heterocycles. The first-order valence-corrected chi connectivity index (χ1v) is 8.49. The van der Waals surface area contributed by atoms with Gasteiger partial charge in [0.05, 0.1) is 28.9 Å². The summed E-state index contributed by atoms with van der Waals surface area (Å²) in [5, 5.41) is 0. The van der Waals surface area contributed by atoms with Gasteiger partial charge in [-0.3, -0.25) is 4.79 Å². The zero-order valence-corrected chi connectivity index (χ0v) is 14.3. The first-order valence-electron chi connectivity index (χ1n) is 7.68. The molecule has 0 atom stereocenters. The molecule has 2 aromatic carbocycles. The molecule has 126 valence electrons. The van der Waals surface area contributed by atoms with E-state index in [0.29, 0.717) is 32.9 Å². The third-order valence-electron chi connectivity index (χ3n) is 3.52. The maximum Gasteiger partial charge on any atom is 0.283 e. The number of hydrogen-bond acceptors (Lipinski definition) is 3. The van der Waals surface area contributed by atoms with Crippen LogP contribution in [0.15, 0.2) is 47.5 Å². The van der Waals surface area contributed by atoms with Gasteiger partial charge in [-0.2, -0.15) is 4.99 Å². The topological polar surface area (TPSA) is 43.6 Å². The van der Waals surface area contributed by atoms with E-state index < -0.39 is 11.7 Å². The average Bonchev–Trinajstić information content (AvgIpc) is 2.95. The second-order valence-electron chi connectivity index (χ2n) is 5.11. The standard InChI is InChI=1S/C19H15FN2O2S/c1-3-12-22-17-14(20)9-7-11-16(17)25-19(22)21-18(23)13-8-5-6-10-15(13)24-4-2/h1,5-11H,4,12H2,2H3. The smallest absolute Gasteiger partial charge is 0.283 e. The van der Waals surface area contributed by atoms with Crippen LogP contribution in [0.3, 0.4) is 0 Å². The SMILES string of the molecule is C#CCn1c(=NC(=O)c2ccccc2OCC)sc2cccc(F)c21. The maximum atomic E-state index is 14.2. The van der Waals surface area contributed by atoms with Crippen molar-refractivity contribution in [1.82, 2.24) is 4.57 Å². The summed E-state index contributed by atoms with van der Waals surface area (Å²) >= 11 is 1.22. The number of aromatic nitrogens is 1. The number of carbonyl (C=O) groups is 1. The van der Waals surface area contributed by atoms with Crippen LogP contribution < -0.4 is 9.54 Å². The Labute approximate surface area is 148 Å². The Bertz CT molecular complexity index is 1040. The van der Waals surface area contributed by atoms with Gasteiger partial charge in [0.1, 0.15) is 11.6 Å². The van der Waals surface area contributed by atoms with Gasteiger partial charge in [-0.1, -0.05) is 35.5 Å². The van der Waals surface area contributed by atoms with Gasteiger partial charge < -0.3 is 9.30 Å². The first kappa shape index (κ1) is 16.9. The largest absolute Gasteiger partial charge is 0.493 e. The molecule has 0 bridgehead atoms. The molecule has 0 fully saturated rings. The van der Waals surface area contributed by atoms with Crippen molar-refractivity contribution in [2.45, 2.75) is 13.5 Å². The highest BCUT2D eigenvalue weighted by atomic mass is 32.1. The van der Waals surface area contributed by atoms with Gasteiger partial charge in [0.25, 0.3) is 5.91 Å². The summed E-state index contributed by atoms with van der Waals surface area (Å²) in [6, 6.07) is 11.6. The molecule has 0 saturated heterocycles. The molecule has 0 radical (unpaired) electrons. The third-order valence-corrected chi connectivity index (χ3v) is 4.56. The monoisotopic (exact) mass is 354 g/mol. The minimum Gasteiger partial charge on any atom is -0.493 e. The van der Waals surface area contributed by atoms with E-state index in [-0.39, 0.29) is 6.54 Å². The second kappa shape index (κ2) is 7.32. The Morgan fingerprint density at radius 3 is 2.88 bits per heavy atom. The number of ether oxygens (including phenoxy) is 1. The molecule has 1 aromatic heterocycles. The number of fused-ring (bicyclic) bond motifs is 1. The van der Waals surface area contributed by atoms with Gasteiger partial charge in [-0.15, -0.1) is 6.42 Å². The highest BCUT2D eigenvalue weighted by Crippen LogP contribution is 2.21. The number of benzene rings is 2. The van der Waals surface area contributed by atoms with Gasteiger partial charge in [0.2, 0.25) is 0 Å². The van der Waals surface area contributed by atoms with E-state index in [1.54, 1.807) is 36.4 Å². The Hall–Kier alpha value is -2.91. The fourth-order valence-corrected chi connectivity index (χ4v) is 3.52. The van der Waals surface area contributed by atoms with Gasteiger partial charge in [-0.05, 0) is 31.2 Å². The number of carbonyl (C=O) groups excluding carboxylic acids is 1. The van der Waals surface area contributed by atoms with Crippen LogP contribution in [-0.4, -0.2) is 17.1 Å². The molecule has 0 spiro atoms. The molecule has 0 aliphatic heterocycles. The van der Waals surface area contributed by atoms with Crippen molar-refractivity contribution in [3.05, 3.63) is 58.6 Å². The van der Waals surface area contributed by atoms with Crippen LogP contribution in [0.25, 0.3) is 10.2 Å². The van der Waals surface area contributed by atoms with Crippen molar-refractivity contribution < 1.29 is 13.9 Å². The van der Waals surface area contributed by atoms with E-state index in [4.69, 9.17) is 11.2 Å². The van der Waals surface area contributed by atoms with Crippen LogP contribution in [0.5, 0.6) is 5.75 Å². The predicted octanol–water partition coefficient (Wildman–Crippen LogP) is 3.61. The number of rotatable bonds is 4. The third kappa shape index (κ3) is 3.32. The molecule has 4 nitrogen and oxygen atoms in total. The molecule has 0 aliphatic rings. The quantitative estimate of drug-likeness (QED) is 0.672. The van der Waals surface area contributed by atoms with Crippen LogP contribution in [0.4, 0.5) is 4.39 Å². The summed E-state index contributed by atoms with van der Waals surface area (Å²) in [6.07, 6.45) is 5.40. The fourth-order valence-electron chi connectivity index (χ4n) is 2.48. The Balaban J connectivity index is 2.16. The lowest BCUT2D eigenvalue weighted by Gasteiger charge is -2.06. The second-order valence-corrected chi connectivity index (χ2v) is 6.12. The van der Waals surface area contributed by atoms with Crippen molar-refractivity contribution in [3.8, 4) is 18.1 Å². The predicted molar refractivity (Wildman–Crippen MR) is 96.1 cm³/mol. The average molecular weight is 354 g/mol. The van der Waals surface area contributed by atoms with E-state index >= 15 is 0 Å². The molecule has 25 heavy (non-hydrogen) atoms. The zero-order valence-electron chi connectivity index (χ0n) is 13.5. The van der Waals surface area contributed by atoms with E-state index in [0.717, 1.165) is 0 Å². The number of para-hydroxylation sites is 2. The van der Waals surface area contributed by atoms with Gasteiger partial charge >= 0.3 is 0 Å². The number of halogens is 1.